The zero-order chi connectivity index (χ0) is 14.8. The van der Waals surface area contributed by atoms with E-state index in [2.05, 4.69) is 15.1 Å². The number of hydrogen-bond donors (Lipinski definition) is 2. The van der Waals surface area contributed by atoms with Crippen LogP contribution < -0.4 is 0 Å². The molecule has 1 aromatic carbocycles. The lowest BCUT2D eigenvalue weighted by atomic mass is 10.2. The van der Waals surface area contributed by atoms with E-state index in [-0.39, 0.29) is 28.9 Å². The first-order valence-electron chi connectivity index (χ1n) is 5.90. The molecule has 0 fully saturated rings. The summed E-state index contributed by atoms with van der Waals surface area (Å²) in [5.74, 6) is -0.00289. The van der Waals surface area contributed by atoms with Gasteiger partial charge in [-0.2, -0.15) is 10.2 Å². The first-order valence-corrected chi connectivity index (χ1v) is 5.90. The monoisotopic (exact) mass is 280 g/mol. The summed E-state index contributed by atoms with van der Waals surface area (Å²) in [6.45, 7) is 0. The Labute approximate surface area is 118 Å². The van der Waals surface area contributed by atoms with Crippen molar-refractivity contribution in [3.63, 3.8) is 0 Å². The van der Waals surface area contributed by atoms with Crippen molar-refractivity contribution in [3.05, 3.63) is 42.2 Å². The molecular formula is C14H8N4O3. The number of pyridine rings is 1. The minimum atomic E-state index is -0.269. The highest BCUT2D eigenvalue weighted by molar-refractivity contribution is 5.63. The van der Waals surface area contributed by atoms with Gasteiger partial charge in [0.1, 0.15) is 11.8 Å². The third-order valence-corrected chi connectivity index (χ3v) is 2.78. The zero-order valence-electron chi connectivity index (χ0n) is 10.6. The Bertz CT molecular complexity index is 851. The molecule has 2 N–H and O–H groups in total. The molecule has 7 heteroatoms. The second-order valence-corrected chi connectivity index (χ2v) is 4.17. The zero-order valence-corrected chi connectivity index (χ0v) is 10.6. The van der Waals surface area contributed by atoms with E-state index in [0.29, 0.717) is 11.1 Å². The number of phenolic OH excluding ortho intramolecular Hbond substituents is 2. The van der Waals surface area contributed by atoms with Gasteiger partial charge in [0, 0.05) is 17.3 Å². The highest BCUT2D eigenvalue weighted by atomic mass is 16.5. The van der Waals surface area contributed by atoms with Crippen LogP contribution in [-0.4, -0.2) is 25.3 Å². The third kappa shape index (κ3) is 2.37. The highest BCUT2D eigenvalue weighted by Crippen LogP contribution is 2.30. The summed E-state index contributed by atoms with van der Waals surface area (Å²) in [4.78, 5) is 8.05. The average molecular weight is 280 g/mol. The normalized spacial score (nSPS) is 10.2. The number of rotatable bonds is 2. The lowest BCUT2D eigenvalue weighted by Gasteiger charge is -1.98. The van der Waals surface area contributed by atoms with Crippen LogP contribution in [-0.2, 0) is 0 Å². The molecular weight excluding hydrogens is 272 g/mol. The molecule has 102 valence electrons. The van der Waals surface area contributed by atoms with E-state index >= 15 is 0 Å². The summed E-state index contributed by atoms with van der Waals surface area (Å²) in [5, 5.41) is 31.4. The summed E-state index contributed by atoms with van der Waals surface area (Å²) < 4.78 is 5.13. The molecule has 2 aromatic heterocycles. The summed E-state index contributed by atoms with van der Waals surface area (Å²) >= 11 is 0. The maximum absolute atomic E-state index is 9.47. The van der Waals surface area contributed by atoms with E-state index in [1.54, 1.807) is 12.1 Å². The number of benzene rings is 1. The Morgan fingerprint density at radius 2 is 1.90 bits per heavy atom. The van der Waals surface area contributed by atoms with Gasteiger partial charge in [0.2, 0.25) is 5.82 Å². The van der Waals surface area contributed by atoms with Gasteiger partial charge in [0.05, 0.1) is 0 Å². The SMILES string of the molecule is N#Cc1cc(-c2nc(-c3ccc(O)c(O)c3)no2)ccn1. The van der Waals surface area contributed by atoms with Crippen LogP contribution in [0.2, 0.25) is 0 Å². The molecule has 0 aliphatic carbocycles. The molecule has 0 aliphatic rings. The Morgan fingerprint density at radius 1 is 1.05 bits per heavy atom. The molecule has 0 atom stereocenters. The molecule has 7 nitrogen and oxygen atoms in total. The lowest BCUT2D eigenvalue weighted by Crippen LogP contribution is -1.85. The summed E-state index contributed by atoms with van der Waals surface area (Å²) in [7, 11) is 0. The van der Waals surface area contributed by atoms with Gasteiger partial charge in [0.15, 0.2) is 11.5 Å². The van der Waals surface area contributed by atoms with E-state index in [4.69, 9.17) is 9.78 Å². The maximum atomic E-state index is 9.47. The molecule has 0 amide bonds. The first-order chi connectivity index (χ1) is 10.2. The van der Waals surface area contributed by atoms with Crippen molar-refractivity contribution in [2.75, 3.05) is 0 Å². The minimum Gasteiger partial charge on any atom is -0.504 e. The fourth-order valence-corrected chi connectivity index (χ4v) is 1.75. The molecule has 0 bridgehead atoms. The largest absolute Gasteiger partial charge is 0.504 e. The van der Waals surface area contributed by atoms with Gasteiger partial charge in [-0.1, -0.05) is 5.16 Å². The predicted molar refractivity (Wildman–Crippen MR) is 71.0 cm³/mol. The van der Waals surface area contributed by atoms with Crippen molar-refractivity contribution in [1.29, 1.82) is 5.26 Å². The second-order valence-electron chi connectivity index (χ2n) is 4.17. The van der Waals surface area contributed by atoms with Gasteiger partial charge in [0.25, 0.3) is 5.89 Å². The molecule has 0 unspecified atom stereocenters. The van der Waals surface area contributed by atoms with E-state index in [9.17, 15) is 10.2 Å². The molecule has 0 aliphatic heterocycles. The first kappa shape index (κ1) is 12.6. The number of nitrogens with zero attached hydrogens (tertiary/aromatic N) is 4. The Balaban J connectivity index is 1.99. The molecule has 3 rings (SSSR count). The molecule has 21 heavy (non-hydrogen) atoms. The smallest absolute Gasteiger partial charge is 0.258 e. The van der Waals surface area contributed by atoms with Crippen molar-refractivity contribution in [3.8, 4) is 40.4 Å². The predicted octanol–water partition coefficient (Wildman–Crippen LogP) is 2.08. The summed E-state index contributed by atoms with van der Waals surface area (Å²) in [5.41, 5.74) is 1.31. The molecule has 0 spiro atoms. The Kier molecular flexibility index (Phi) is 2.97. The van der Waals surface area contributed by atoms with Gasteiger partial charge >= 0.3 is 0 Å². The summed E-state index contributed by atoms with van der Waals surface area (Å²) in [6.07, 6.45) is 1.48. The number of hydrogen-bond acceptors (Lipinski definition) is 7. The number of phenols is 2. The van der Waals surface area contributed by atoms with Gasteiger partial charge in [-0.25, -0.2) is 4.98 Å². The molecule has 2 heterocycles. The van der Waals surface area contributed by atoms with Gasteiger partial charge in [-0.15, -0.1) is 0 Å². The Hall–Kier alpha value is -3.40. The van der Waals surface area contributed by atoms with Crippen LogP contribution >= 0.6 is 0 Å². The van der Waals surface area contributed by atoms with Crippen LogP contribution in [0, 0.1) is 11.3 Å². The van der Waals surface area contributed by atoms with Crippen molar-refractivity contribution < 1.29 is 14.7 Å². The molecule has 0 saturated heterocycles. The van der Waals surface area contributed by atoms with Crippen LogP contribution in [0.3, 0.4) is 0 Å². The van der Waals surface area contributed by atoms with Crippen LogP contribution in [0.15, 0.2) is 41.1 Å². The topological polar surface area (TPSA) is 116 Å². The summed E-state index contributed by atoms with van der Waals surface area (Å²) in [6, 6.07) is 9.32. The quantitative estimate of drug-likeness (QED) is 0.690. The van der Waals surface area contributed by atoms with E-state index in [1.165, 1.54) is 24.4 Å². The van der Waals surface area contributed by atoms with Crippen molar-refractivity contribution in [2.45, 2.75) is 0 Å². The minimum absolute atomic E-state index is 0.227. The average Bonchev–Trinajstić information content (AvgIpc) is 3.00. The van der Waals surface area contributed by atoms with Crippen LogP contribution in [0.4, 0.5) is 0 Å². The number of aromatic hydroxyl groups is 2. The van der Waals surface area contributed by atoms with Crippen molar-refractivity contribution >= 4 is 0 Å². The van der Waals surface area contributed by atoms with E-state index in [1.807, 2.05) is 6.07 Å². The van der Waals surface area contributed by atoms with Gasteiger partial charge in [-0.3, -0.25) is 0 Å². The lowest BCUT2D eigenvalue weighted by molar-refractivity contribution is 0.404. The van der Waals surface area contributed by atoms with E-state index in [0.717, 1.165) is 0 Å². The third-order valence-electron chi connectivity index (χ3n) is 2.78. The fraction of sp³-hybridized carbons (Fsp3) is 0. The van der Waals surface area contributed by atoms with Crippen LogP contribution in [0.1, 0.15) is 5.69 Å². The Morgan fingerprint density at radius 3 is 2.67 bits per heavy atom. The second kappa shape index (κ2) is 4.94. The van der Waals surface area contributed by atoms with Crippen molar-refractivity contribution in [1.82, 2.24) is 15.1 Å². The standard InChI is InChI=1S/C14H8N4O3/c15-7-10-5-9(3-4-16-10)14-17-13(18-21-14)8-1-2-11(19)12(20)6-8/h1-6,19-20H. The molecule has 3 aromatic rings. The number of aromatic nitrogens is 3. The number of nitriles is 1. The van der Waals surface area contributed by atoms with Crippen LogP contribution in [0.25, 0.3) is 22.8 Å². The molecule has 0 saturated carbocycles. The maximum Gasteiger partial charge on any atom is 0.258 e. The van der Waals surface area contributed by atoms with Gasteiger partial charge in [-0.05, 0) is 30.3 Å². The van der Waals surface area contributed by atoms with Gasteiger partial charge < -0.3 is 14.7 Å². The van der Waals surface area contributed by atoms with Crippen LogP contribution in [0.5, 0.6) is 11.5 Å². The van der Waals surface area contributed by atoms with E-state index < -0.39 is 0 Å². The fourth-order valence-electron chi connectivity index (χ4n) is 1.75. The molecule has 0 radical (unpaired) electrons. The van der Waals surface area contributed by atoms with Crippen molar-refractivity contribution in [2.24, 2.45) is 0 Å². The highest BCUT2D eigenvalue weighted by Gasteiger charge is 2.12.